The van der Waals surface area contributed by atoms with E-state index in [1.54, 1.807) is 0 Å². The molecule has 0 aliphatic carbocycles. The Hall–Kier alpha value is 0.0700. The van der Waals surface area contributed by atoms with Gasteiger partial charge in [0.05, 0.1) is 0 Å². The maximum absolute atomic E-state index is 10.2. The second-order valence-corrected chi connectivity index (χ2v) is 3.86. The fourth-order valence-corrected chi connectivity index (χ4v) is 1.49. The van der Waals surface area contributed by atoms with E-state index in [0.717, 1.165) is 6.54 Å². The highest BCUT2D eigenvalue weighted by Crippen LogP contribution is 2.29. The third kappa shape index (κ3) is 1.74. The van der Waals surface area contributed by atoms with E-state index in [-0.39, 0.29) is 5.54 Å². The summed E-state index contributed by atoms with van der Waals surface area (Å²) in [6.45, 7) is 5.05. The Kier molecular flexibility index (Phi) is 1.63. The van der Waals surface area contributed by atoms with Crippen molar-refractivity contribution in [1.29, 1.82) is 0 Å². The van der Waals surface area contributed by atoms with Gasteiger partial charge in [-0.2, -0.15) is 0 Å². The first kappa shape index (κ1) is 7.18. The second kappa shape index (κ2) is 2.04. The first-order valence-electron chi connectivity index (χ1n) is 2.85. The molecule has 0 aromatic heterocycles. The molecule has 0 aromatic carbocycles. The average Bonchev–Trinajstić information content (AvgIpc) is 2.10. The van der Waals surface area contributed by atoms with Crippen LogP contribution in [-0.4, -0.2) is 31.6 Å². The molecule has 0 spiro atoms. The lowest BCUT2D eigenvalue weighted by Gasteiger charge is -2.01. The molecule has 0 radical (unpaired) electrons. The molecule has 0 saturated carbocycles. The average molecular weight is 149 g/mol. The van der Waals surface area contributed by atoms with Crippen LogP contribution in [0.25, 0.3) is 0 Å². The zero-order chi connectivity index (χ0) is 7.07. The first-order chi connectivity index (χ1) is 4.02. The second-order valence-electron chi connectivity index (χ2n) is 2.96. The third-order valence-electron chi connectivity index (χ3n) is 1.60. The lowest BCUT2D eigenvalue weighted by molar-refractivity contribution is 0.478. The molecule has 2 unspecified atom stereocenters. The van der Waals surface area contributed by atoms with Crippen molar-refractivity contribution in [2.75, 3.05) is 12.4 Å². The van der Waals surface area contributed by atoms with Gasteiger partial charge in [0.1, 0.15) is 5.88 Å². The SMILES string of the molecule is CC1(C)CN1CS(=O)O. The zero-order valence-electron chi connectivity index (χ0n) is 5.63. The topological polar surface area (TPSA) is 40.3 Å². The molecule has 4 heteroatoms. The van der Waals surface area contributed by atoms with Gasteiger partial charge in [-0.15, -0.1) is 0 Å². The van der Waals surface area contributed by atoms with Crippen LogP contribution >= 0.6 is 0 Å². The van der Waals surface area contributed by atoms with Crippen LogP contribution < -0.4 is 0 Å². The van der Waals surface area contributed by atoms with Crippen LogP contribution in [0.15, 0.2) is 0 Å². The minimum Gasteiger partial charge on any atom is -0.305 e. The van der Waals surface area contributed by atoms with Crippen LogP contribution in [0.5, 0.6) is 0 Å². The monoisotopic (exact) mass is 149 g/mol. The van der Waals surface area contributed by atoms with Gasteiger partial charge in [-0.05, 0) is 13.8 Å². The Morgan fingerprint density at radius 3 is 2.33 bits per heavy atom. The standard InChI is InChI=1S/C5H11NO2S/c1-5(2)3-6(5)4-9(7)8/h3-4H2,1-2H3,(H,7,8). The Morgan fingerprint density at radius 2 is 2.22 bits per heavy atom. The number of nitrogens with zero attached hydrogens (tertiary/aromatic N) is 1. The van der Waals surface area contributed by atoms with Crippen molar-refractivity contribution in [3.05, 3.63) is 0 Å². The highest BCUT2D eigenvalue weighted by molar-refractivity contribution is 7.79. The van der Waals surface area contributed by atoms with Crippen LogP contribution in [0.1, 0.15) is 13.8 Å². The van der Waals surface area contributed by atoms with Gasteiger partial charge in [0, 0.05) is 12.1 Å². The zero-order valence-corrected chi connectivity index (χ0v) is 6.44. The van der Waals surface area contributed by atoms with Gasteiger partial charge in [0.2, 0.25) is 0 Å². The molecule has 1 N–H and O–H groups in total. The van der Waals surface area contributed by atoms with Gasteiger partial charge in [0.15, 0.2) is 11.1 Å². The van der Waals surface area contributed by atoms with Crippen molar-refractivity contribution in [2.45, 2.75) is 19.4 Å². The lowest BCUT2D eigenvalue weighted by Crippen LogP contribution is -2.13. The van der Waals surface area contributed by atoms with E-state index in [0.29, 0.717) is 5.88 Å². The molecule has 3 nitrogen and oxygen atoms in total. The Labute approximate surface area is 57.3 Å². The summed E-state index contributed by atoms with van der Waals surface area (Å²) in [5.41, 5.74) is 0.179. The van der Waals surface area contributed by atoms with Gasteiger partial charge < -0.3 is 4.55 Å². The normalized spacial score (nSPS) is 33.9. The summed E-state index contributed by atoms with van der Waals surface area (Å²) in [7, 11) is 0. The van der Waals surface area contributed by atoms with Crippen LogP contribution in [0, 0.1) is 0 Å². The Morgan fingerprint density at radius 1 is 1.78 bits per heavy atom. The summed E-state index contributed by atoms with van der Waals surface area (Å²) in [4.78, 5) is 1.96. The van der Waals surface area contributed by atoms with E-state index in [2.05, 4.69) is 13.8 Å². The van der Waals surface area contributed by atoms with Gasteiger partial charge >= 0.3 is 0 Å². The largest absolute Gasteiger partial charge is 0.305 e. The highest BCUT2D eigenvalue weighted by Gasteiger charge is 2.43. The van der Waals surface area contributed by atoms with E-state index >= 15 is 0 Å². The third-order valence-corrected chi connectivity index (χ3v) is 2.13. The van der Waals surface area contributed by atoms with Crippen molar-refractivity contribution in [2.24, 2.45) is 0 Å². The summed E-state index contributed by atoms with van der Waals surface area (Å²) < 4.78 is 18.6. The summed E-state index contributed by atoms with van der Waals surface area (Å²) in [6, 6.07) is 0. The van der Waals surface area contributed by atoms with Crippen molar-refractivity contribution >= 4 is 11.1 Å². The van der Waals surface area contributed by atoms with Gasteiger partial charge in [-0.1, -0.05) is 0 Å². The molecule has 1 rings (SSSR count). The minimum atomic E-state index is -1.65. The molecule has 9 heavy (non-hydrogen) atoms. The van der Waals surface area contributed by atoms with Gasteiger partial charge in [-0.25, -0.2) is 4.21 Å². The molecule has 2 atom stereocenters. The van der Waals surface area contributed by atoms with Gasteiger partial charge in [0.25, 0.3) is 0 Å². The van der Waals surface area contributed by atoms with Crippen LogP contribution in [0.3, 0.4) is 0 Å². The Bertz CT molecular complexity index is 146. The molecule has 1 heterocycles. The smallest absolute Gasteiger partial charge is 0.167 e. The Balaban J connectivity index is 2.28. The van der Waals surface area contributed by atoms with E-state index in [1.807, 2.05) is 4.90 Å². The molecule has 1 saturated heterocycles. The number of hydrogen-bond donors (Lipinski definition) is 1. The number of hydrogen-bond acceptors (Lipinski definition) is 2. The predicted octanol–water partition coefficient (Wildman–Crippen LogP) is 0.260. The fraction of sp³-hybridized carbons (Fsp3) is 1.00. The maximum atomic E-state index is 10.2. The molecule has 0 amide bonds. The van der Waals surface area contributed by atoms with Crippen molar-refractivity contribution in [3.8, 4) is 0 Å². The molecule has 0 aromatic rings. The molecule has 0 bridgehead atoms. The van der Waals surface area contributed by atoms with E-state index < -0.39 is 11.1 Å². The summed E-state index contributed by atoms with van der Waals surface area (Å²) in [6.07, 6.45) is 0. The number of rotatable bonds is 2. The molecular formula is C5H11NO2S. The molecular weight excluding hydrogens is 138 g/mol. The molecule has 1 aliphatic heterocycles. The predicted molar refractivity (Wildman–Crippen MR) is 36.4 cm³/mol. The summed E-state index contributed by atoms with van der Waals surface area (Å²) in [5, 5.41) is 0. The molecule has 1 aliphatic rings. The van der Waals surface area contributed by atoms with E-state index in [4.69, 9.17) is 4.55 Å². The fourth-order valence-electron chi connectivity index (χ4n) is 0.785. The molecule has 54 valence electrons. The first-order valence-corrected chi connectivity index (χ1v) is 4.12. The van der Waals surface area contributed by atoms with Crippen LogP contribution in [-0.2, 0) is 11.1 Å². The van der Waals surface area contributed by atoms with Crippen molar-refractivity contribution in [3.63, 3.8) is 0 Å². The van der Waals surface area contributed by atoms with Crippen molar-refractivity contribution < 1.29 is 8.76 Å². The van der Waals surface area contributed by atoms with E-state index in [9.17, 15) is 4.21 Å². The van der Waals surface area contributed by atoms with E-state index in [1.165, 1.54) is 0 Å². The van der Waals surface area contributed by atoms with Crippen LogP contribution in [0.4, 0.5) is 0 Å². The highest BCUT2D eigenvalue weighted by atomic mass is 32.2. The summed E-state index contributed by atoms with van der Waals surface area (Å²) >= 11 is -1.65. The van der Waals surface area contributed by atoms with Gasteiger partial charge in [-0.3, -0.25) is 4.90 Å². The quantitative estimate of drug-likeness (QED) is 0.452. The van der Waals surface area contributed by atoms with Crippen LogP contribution in [0.2, 0.25) is 0 Å². The minimum absolute atomic E-state index is 0.179. The lowest BCUT2D eigenvalue weighted by atomic mass is 10.2. The molecule has 1 fully saturated rings. The summed E-state index contributed by atoms with van der Waals surface area (Å²) in [5.74, 6) is 0.299. The maximum Gasteiger partial charge on any atom is 0.167 e. The van der Waals surface area contributed by atoms with Crippen molar-refractivity contribution in [1.82, 2.24) is 4.90 Å².